The Bertz CT molecular complexity index is 85.7. The fourth-order valence-corrected chi connectivity index (χ4v) is 0.681. The summed E-state index contributed by atoms with van der Waals surface area (Å²) in [6.07, 6.45) is 3.13. The van der Waals surface area contributed by atoms with Crippen LogP contribution >= 0.6 is 0 Å². The van der Waals surface area contributed by atoms with E-state index in [1.54, 1.807) is 14.1 Å². The van der Waals surface area contributed by atoms with E-state index >= 15 is 0 Å². The minimum absolute atomic E-state index is 0.168. The highest BCUT2D eigenvalue weighted by molar-refractivity contribution is 4.65. The van der Waals surface area contributed by atoms with Crippen LogP contribution in [-0.2, 0) is 0 Å². The molecule has 0 aliphatic heterocycles. The molecule has 0 rings (SSSR count). The minimum Gasteiger partial charge on any atom is -0.633 e. The lowest BCUT2D eigenvalue weighted by atomic mass is 10.1. The van der Waals surface area contributed by atoms with Crippen LogP contribution in [0.1, 0.15) is 20.3 Å². The molecule has 10 heavy (non-hydrogen) atoms. The summed E-state index contributed by atoms with van der Waals surface area (Å²) < 4.78 is -0.168. The van der Waals surface area contributed by atoms with Gasteiger partial charge in [0.15, 0.2) is 0 Å². The fraction of sp³-hybridized carbons (Fsp3) is 0.875. The lowest BCUT2D eigenvalue weighted by Gasteiger charge is -2.35. The molecule has 0 bridgehead atoms. The Labute approximate surface area is 64.0 Å². The Morgan fingerprint density at radius 2 is 2.00 bits per heavy atom. The van der Waals surface area contributed by atoms with E-state index in [2.05, 4.69) is 13.3 Å². The molecule has 0 fully saturated rings. The van der Waals surface area contributed by atoms with Crippen molar-refractivity contribution < 1.29 is 4.65 Å². The van der Waals surface area contributed by atoms with Crippen molar-refractivity contribution in [2.75, 3.05) is 20.6 Å². The molecule has 0 spiro atoms. The van der Waals surface area contributed by atoms with Crippen molar-refractivity contribution in [1.29, 1.82) is 0 Å². The molecule has 2 nitrogen and oxygen atoms in total. The van der Waals surface area contributed by atoms with Crippen LogP contribution in [0.4, 0.5) is 0 Å². The average molecular weight is 144 g/mol. The molecule has 0 aliphatic rings. The third kappa shape index (κ3) is 6.05. The molecule has 2 heteroatoms. The van der Waals surface area contributed by atoms with E-state index in [1.807, 2.05) is 6.92 Å². The second-order valence-corrected chi connectivity index (χ2v) is 3.40. The van der Waals surface area contributed by atoms with Gasteiger partial charge in [-0.25, -0.2) is 0 Å². The summed E-state index contributed by atoms with van der Waals surface area (Å²) in [5.41, 5.74) is 0. The maximum absolute atomic E-state index is 11.0. The second kappa shape index (κ2) is 3.94. The van der Waals surface area contributed by atoms with Gasteiger partial charge in [-0.1, -0.05) is 6.92 Å². The monoisotopic (exact) mass is 144 g/mol. The number of hydrogen-bond donors (Lipinski definition) is 0. The number of quaternary nitrogens is 1. The first-order valence-electron chi connectivity index (χ1n) is 3.79. The topological polar surface area (TPSA) is 23.1 Å². The van der Waals surface area contributed by atoms with Gasteiger partial charge >= 0.3 is 0 Å². The standard InChI is InChI=1S/C8H18NO/c1-5-8(2)6-7-9(3,4)10/h5,8H,6-7H2,1-4H3/q-1. The number of hydrogen-bond acceptors (Lipinski definition) is 1. The summed E-state index contributed by atoms with van der Waals surface area (Å²) >= 11 is 0. The minimum atomic E-state index is -0.168. The SMILES string of the molecule is C[CH-]C(C)CC[N+](C)(C)[O-]. The number of nitrogens with zero attached hydrogens (tertiary/aromatic N) is 1. The van der Waals surface area contributed by atoms with Crippen LogP contribution in [-0.4, -0.2) is 25.3 Å². The van der Waals surface area contributed by atoms with Gasteiger partial charge in [0.2, 0.25) is 0 Å². The Morgan fingerprint density at radius 1 is 1.50 bits per heavy atom. The maximum atomic E-state index is 11.0. The molecule has 0 aliphatic carbocycles. The molecule has 0 radical (unpaired) electrons. The normalized spacial score (nSPS) is 15.3. The van der Waals surface area contributed by atoms with Gasteiger partial charge in [-0.05, 0) is 6.42 Å². The summed E-state index contributed by atoms with van der Waals surface area (Å²) in [5.74, 6) is 0.575. The van der Waals surface area contributed by atoms with Crippen molar-refractivity contribution in [3.05, 3.63) is 11.6 Å². The zero-order chi connectivity index (χ0) is 8.20. The number of hydroxylamine groups is 3. The second-order valence-electron chi connectivity index (χ2n) is 3.40. The summed E-state index contributed by atoms with van der Waals surface area (Å²) in [6, 6.07) is 0. The predicted molar refractivity (Wildman–Crippen MR) is 44.1 cm³/mol. The third-order valence-electron chi connectivity index (χ3n) is 1.69. The van der Waals surface area contributed by atoms with Crippen molar-refractivity contribution in [3.63, 3.8) is 0 Å². The van der Waals surface area contributed by atoms with E-state index in [0.717, 1.165) is 6.42 Å². The maximum Gasteiger partial charge on any atom is 0.0757 e. The number of rotatable bonds is 4. The molecule has 0 aromatic heterocycles. The Balaban J connectivity index is 3.36. The molecule has 0 saturated carbocycles. The molecule has 1 unspecified atom stereocenters. The predicted octanol–water partition coefficient (Wildman–Crippen LogP) is 1.81. The van der Waals surface area contributed by atoms with Crippen molar-refractivity contribution in [3.8, 4) is 0 Å². The highest BCUT2D eigenvalue weighted by Gasteiger charge is 2.00. The molecule has 0 amide bonds. The lowest BCUT2D eigenvalue weighted by molar-refractivity contribution is -0.840. The van der Waals surface area contributed by atoms with Crippen LogP contribution in [0.2, 0.25) is 0 Å². The van der Waals surface area contributed by atoms with E-state index in [9.17, 15) is 5.21 Å². The molecule has 0 saturated heterocycles. The zero-order valence-electron chi connectivity index (χ0n) is 7.42. The smallest absolute Gasteiger partial charge is 0.0757 e. The van der Waals surface area contributed by atoms with Crippen LogP contribution in [0, 0.1) is 17.5 Å². The largest absolute Gasteiger partial charge is 0.633 e. The van der Waals surface area contributed by atoms with Gasteiger partial charge in [0.05, 0.1) is 20.6 Å². The van der Waals surface area contributed by atoms with Gasteiger partial charge < -0.3 is 16.3 Å². The van der Waals surface area contributed by atoms with E-state index in [1.165, 1.54) is 0 Å². The van der Waals surface area contributed by atoms with Gasteiger partial charge in [0.1, 0.15) is 0 Å². The Kier molecular flexibility index (Phi) is 3.91. The van der Waals surface area contributed by atoms with Crippen molar-refractivity contribution in [2.24, 2.45) is 5.92 Å². The molecular weight excluding hydrogens is 126 g/mol. The van der Waals surface area contributed by atoms with Crippen molar-refractivity contribution in [2.45, 2.75) is 20.3 Å². The quantitative estimate of drug-likeness (QED) is 0.335. The molecule has 62 valence electrons. The van der Waals surface area contributed by atoms with E-state index in [4.69, 9.17) is 0 Å². The molecule has 0 N–H and O–H groups in total. The molecule has 0 aromatic carbocycles. The van der Waals surface area contributed by atoms with Crippen LogP contribution in [0.15, 0.2) is 0 Å². The highest BCUT2D eigenvalue weighted by atomic mass is 16.5. The molecular formula is C8H18NO-. The van der Waals surface area contributed by atoms with Crippen molar-refractivity contribution in [1.82, 2.24) is 0 Å². The van der Waals surface area contributed by atoms with Crippen LogP contribution in [0.3, 0.4) is 0 Å². The lowest BCUT2D eigenvalue weighted by Crippen LogP contribution is -2.33. The Morgan fingerprint density at radius 3 is 2.30 bits per heavy atom. The van der Waals surface area contributed by atoms with E-state index in [0.29, 0.717) is 12.5 Å². The summed E-state index contributed by atoms with van der Waals surface area (Å²) in [7, 11) is 3.37. The molecule has 1 atom stereocenters. The van der Waals surface area contributed by atoms with Crippen LogP contribution in [0.5, 0.6) is 0 Å². The van der Waals surface area contributed by atoms with Gasteiger partial charge in [-0.3, -0.25) is 0 Å². The van der Waals surface area contributed by atoms with Crippen LogP contribution < -0.4 is 0 Å². The van der Waals surface area contributed by atoms with E-state index in [-0.39, 0.29) is 4.65 Å². The van der Waals surface area contributed by atoms with Gasteiger partial charge in [-0.15, -0.1) is 0 Å². The average Bonchev–Trinajstić information content (AvgIpc) is 1.81. The van der Waals surface area contributed by atoms with Crippen molar-refractivity contribution >= 4 is 0 Å². The third-order valence-corrected chi connectivity index (χ3v) is 1.69. The first-order valence-corrected chi connectivity index (χ1v) is 3.79. The zero-order valence-corrected chi connectivity index (χ0v) is 7.42. The van der Waals surface area contributed by atoms with Gasteiger partial charge in [-0.2, -0.15) is 12.8 Å². The van der Waals surface area contributed by atoms with Crippen LogP contribution in [0.25, 0.3) is 0 Å². The summed E-state index contributed by atoms with van der Waals surface area (Å²) in [4.78, 5) is 0. The van der Waals surface area contributed by atoms with E-state index < -0.39 is 0 Å². The van der Waals surface area contributed by atoms with Gasteiger partial charge in [0.25, 0.3) is 0 Å². The summed E-state index contributed by atoms with van der Waals surface area (Å²) in [5, 5.41) is 11.0. The first kappa shape index (κ1) is 9.92. The van der Waals surface area contributed by atoms with Gasteiger partial charge in [0, 0.05) is 0 Å². The fourth-order valence-electron chi connectivity index (χ4n) is 0.681. The molecule has 0 aromatic rings. The summed E-state index contributed by atoms with van der Waals surface area (Å²) in [6.45, 7) is 4.89. The molecule has 0 heterocycles. The Hall–Kier alpha value is -0.0800. The first-order chi connectivity index (χ1) is 4.45. The highest BCUT2D eigenvalue weighted by Crippen LogP contribution is 2.07.